The summed E-state index contributed by atoms with van der Waals surface area (Å²) in [6, 6.07) is 1.86. The first kappa shape index (κ1) is 16.8. The van der Waals surface area contributed by atoms with Crippen molar-refractivity contribution in [2.24, 2.45) is 7.05 Å². The first-order valence-electron chi connectivity index (χ1n) is 6.72. The summed E-state index contributed by atoms with van der Waals surface area (Å²) < 4.78 is 69.2. The minimum absolute atomic E-state index is 0.154. The Labute approximate surface area is 136 Å². The average Bonchev–Trinajstić information content (AvgIpc) is 2.52. The van der Waals surface area contributed by atoms with Crippen LogP contribution in [0.2, 0.25) is 0 Å². The van der Waals surface area contributed by atoms with Crippen molar-refractivity contribution < 1.29 is 26.7 Å². The molecule has 1 aromatic carbocycles. The van der Waals surface area contributed by atoms with Gasteiger partial charge in [-0.3, -0.25) is 4.79 Å². The molecule has 10 heteroatoms. The smallest absolute Gasteiger partial charge is 0.402 e. The summed E-state index contributed by atoms with van der Waals surface area (Å²) in [7, 11) is 1.32. The second-order valence-electron chi connectivity index (χ2n) is 5.06. The zero-order valence-corrected chi connectivity index (χ0v) is 12.4. The van der Waals surface area contributed by atoms with E-state index in [1.807, 2.05) is 0 Å². The van der Waals surface area contributed by atoms with Gasteiger partial charge in [0.25, 0.3) is 5.56 Å². The first-order valence-corrected chi connectivity index (χ1v) is 6.72. The molecule has 0 fully saturated rings. The second kappa shape index (κ2) is 5.80. The second-order valence-corrected chi connectivity index (χ2v) is 5.06. The van der Waals surface area contributed by atoms with Crippen molar-refractivity contribution in [2.45, 2.75) is 6.36 Å². The van der Waals surface area contributed by atoms with Crippen LogP contribution in [0.3, 0.4) is 0 Å². The van der Waals surface area contributed by atoms with E-state index in [1.165, 1.54) is 7.05 Å². The largest absolute Gasteiger partial charge is 0.573 e. The molecular weight excluding hydrogens is 349 g/mol. The van der Waals surface area contributed by atoms with Crippen molar-refractivity contribution in [2.75, 3.05) is 0 Å². The summed E-state index contributed by atoms with van der Waals surface area (Å²) >= 11 is 0. The third kappa shape index (κ3) is 3.28. The zero-order chi connectivity index (χ0) is 18.4. The number of hydrogen-bond donors (Lipinski definition) is 0. The quantitative estimate of drug-likeness (QED) is 0.661. The SMILES string of the molecule is Cn1cc(F)c2cc(-c3ncc(OC(F)(F)F)cn3)c(F)cc2c1=O. The van der Waals surface area contributed by atoms with Crippen LogP contribution in [0, 0.1) is 11.6 Å². The number of nitrogens with zero attached hydrogens (tertiary/aromatic N) is 3. The molecular formula is C15H8F5N3O2. The maximum atomic E-state index is 14.3. The molecule has 25 heavy (non-hydrogen) atoms. The van der Waals surface area contributed by atoms with E-state index in [0.717, 1.165) is 22.9 Å². The van der Waals surface area contributed by atoms with Crippen LogP contribution < -0.4 is 10.3 Å². The van der Waals surface area contributed by atoms with E-state index < -0.39 is 29.3 Å². The van der Waals surface area contributed by atoms with Crippen molar-refractivity contribution >= 4 is 10.8 Å². The van der Waals surface area contributed by atoms with Crippen LogP contribution in [-0.4, -0.2) is 20.9 Å². The van der Waals surface area contributed by atoms with Gasteiger partial charge in [-0.15, -0.1) is 13.2 Å². The minimum Gasteiger partial charge on any atom is -0.402 e. The maximum Gasteiger partial charge on any atom is 0.573 e. The van der Waals surface area contributed by atoms with E-state index >= 15 is 0 Å². The lowest BCUT2D eigenvalue weighted by atomic mass is 10.1. The highest BCUT2D eigenvalue weighted by Gasteiger charge is 2.31. The van der Waals surface area contributed by atoms with E-state index in [-0.39, 0.29) is 22.2 Å². The van der Waals surface area contributed by atoms with Crippen molar-refractivity contribution in [1.29, 1.82) is 0 Å². The zero-order valence-electron chi connectivity index (χ0n) is 12.4. The van der Waals surface area contributed by atoms with Gasteiger partial charge in [-0.1, -0.05) is 0 Å². The van der Waals surface area contributed by atoms with Crippen LogP contribution in [0.25, 0.3) is 22.2 Å². The molecule has 2 aromatic heterocycles. The molecule has 0 aliphatic rings. The summed E-state index contributed by atoms with van der Waals surface area (Å²) in [6.07, 6.45) is -2.56. The van der Waals surface area contributed by atoms with Crippen molar-refractivity contribution in [3.63, 3.8) is 0 Å². The molecule has 0 bridgehead atoms. The molecule has 0 atom stereocenters. The Balaban J connectivity index is 2.10. The van der Waals surface area contributed by atoms with Gasteiger partial charge >= 0.3 is 6.36 Å². The van der Waals surface area contributed by atoms with Gasteiger partial charge in [0.1, 0.15) is 11.6 Å². The lowest BCUT2D eigenvalue weighted by Gasteiger charge is -2.09. The van der Waals surface area contributed by atoms with Gasteiger partial charge in [-0.25, -0.2) is 18.7 Å². The highest BCUT2D eigenvalue weighted by molar-refractivity contribution is 5.86. The van der Waals surface area contributed by atoms with Crippen LogP contribution in [-0.2, 0) is 7.05 Å². The normalized spacial score (nSPS) is 11.8. The lowest BCUT2D eigenvalue weighted by Crippen LogP contribution is -2.17. The summed E-state index contributed by atoms with van der Waals surface area (Å²) in [4.78, 5) is 19.1. The molecule has 5 nitrogen and oxygen atoms in total. The standard InChI is InChI=1S/C15H8F5N3O2/c1-23-6-12(17)8-2-10(11(16)3-9(8)14(23)24)13-21-4-7(5-22-13)25-15(18,19)20/h2-6H,1H3. The number of fused-ring (bicyclic) bond motifs is 1. The predicted octanol–water partition coefficient (Wildman–Crippen LogP) is 3.17. The minimum atomic E-state index is -4.91. The van der Waals surface area contributed by atoms with Gasteiger partial charge in [0.05, 0.1) is 23.3 Å². The molecule has 0 saturated heterocycles. The van der Waals surface area contributed by atoms with Crippen LogP contribution in [0.1, 0.15) is 0 Å². The third-order valence-corrected chi connectivity index (χ3v) is 3.32. The predicted molar refractivity (Wildman–Crippen MR) is 76.8 cm³/mol. The molecule has 0 radical (unpaired) electrons. The van der Waals surface area contributed by atoms with E-state index in [9.17, 15) is 26.7 Å². The summed E-state index contributed by atoms with van der Waals surface area (Å²) in [5.41, 5.74) is -0.866. The van der Waals surface area contributed by atoms with Crippen LogP contribution in [0.15, 0.2) is 35.5 Å². The number of alkyl halides is 3. The monoisotopic (exact) mass is 357 g/mol. The number of aromatic nitrogens is 3. The van der Waals surface area contributed by atoms with Gasteiger partial charge in [-0.2, -0.15) is 0 Å². The number of benzene rings is 1. The van der Waals surface area contributed by atoms with Gasteiger partial charge in [-0.05, 0) is 12.1 Å². The van der Waals surface area contributed by atoms with Crippen molar-refractivity contribution in [3.05, 3.63) is 52.7 Å². The third-order valence-electron chi connectivity index (χ3n) is 3.32. The first-order chi connectivity index (χ1) is 11.7. The van der Waals surface area contributed by atoms with Crippen molar-refractivity contribution in [3.8, 4) is 17.1 Å². The number of rotatable bonds is 2. The van der Waals surface area contributed by atoms with Gasteiger partial charge in [0.2, 0.25) is 0 Å². The van der Waals surface area contributed by atoms with E-state index in [1.54, 1.807) is 0 Å². The highest BCUT2D eigenvalue weighted by atomic mass is 19.4. The Hall–Kier alpha value is -3.04. The molecule has 0 amide bonds. The molecule has 130 valence electrons. The Bertz CT molecular complexity index is 1010. The lowest BCUT2D eigenvalue weighted by molar-refractivity contribution is -0.274. The Morgan fingerprint density at radius 1 is 1.04 bits per heavy atom. The summed E-state index contributed by atoms with van der Waals surface area (Å²) in [5, 5.41) is -0.334. The number of aryl methyl sites for hydroxylation is 1. The molecule has 0 aliphatic carbocycles. The number of hydrogen-bond acceptors (Lipinski definition) is 4. The molecule has 0 saturated carbocycles. The van der Waals surface area contributed by atoms with E-state index in [2.05, 4.69) is 14.7 Å². The molecule has 0 spiro atoms. The average molecular weight is 357 g/mol. The Kier molecular flexibility index (Phi) is 3.90. The van der Waals surface area contributed by atoms with Gasteiger partial charge < -0.3 is 9.30 Å². The van der Waals surface area contributed by atoms with Gasteiger partial charge in [0.15, 0.2) is 11.6 Å². The number of ether oxygens (including phenoxy) is 1. The molecule has 2 heterocycles. The highest BCUT2D eigenvalue weighted by Crippen LogP contribution is 2.27. The molecule has 0 N–H and O–H groups in total. The maximum absolute atomic E-state index is 14.3. The summed E-state index contributed by atoms with van der Waals surface area (Å²) in [6.45, 7) is 0. The van der Waals surface area contributed by atoms with Crippen LogP contribution in [0.5, 0.6) is 5.75 Å². The van der Waals surface area contributed by atoms with Crippen LogP contribution in [0.4, 0.5) is 22.0 Å². The molecule has 0 unspecified atom stereocenters. The number of pyridine rings is 1. The fourth-order valence-electron chi connectivity index (χ4n) is 2.25. The van der Waals surface area contributed by atoms with Gasteiger partial charge in [0, 0.05) is 18.6 Å². The van der Waals surface area contributed by atoms with Crippen LogP contribution >= 0.6 is 0 Å². The van der Waals surface area contributed by atoms with E-state index in [0.29, 0.717) is 12.4 Å². The molecule has 0 aliphatic heterocycles. The fraction of sp³-hybridized carbons (Fsp3) is 0.133. The van der Waals surface area contributed by atoms with Crippen molar-refractivity contribution in [1.82, 2.24) is 14.5 Å². The molecule has 3 aromatic rings. The summed E-state index contributed by atoms with van der Waals surface area (Å²) in [5.74, 6) is -2.65. The fourth-order valence-corrected chi connectivity index (χ4v) is 2.25. The van der Waals surface area contributed by atoms with E-state index in [4.69, 9.17) is 0 Å². The molecule has 3 rings (SSSR count). The number of halogens is 5. The topological polar surface area (TPSA) is 57.0 Å². The Morgan fingerprint density at radius 2 is 1.68 bits per heavy atom. The Morgan fingerprint density at radius 3 is 2.28 bits per heavy atom.